The second kappa shape index (κ2) is 7.42. The fourth-order valence-electron chi connectivity index (χ4n) is 3.85. The molecule has 6 nitrogen and oxygen atoms in total. The number of hydrogen-bond donors (Lipinski definition) is 0. The predicted molar refractivity (Wildman–Crippen MR) is 99.7 cm³/mol. The summed E-state index contributed by atoms with van der Waals surface area (Å²) in [5, 5.41) is 11.6. The summed E-state index contributed by atoms with van der Waals surface area (Å²) >= 11 is 0. The first-order chi connectivity index (χ1) is 12.0. The van der Waals surface area contributed by atoms with E-state index in [1.807, 2.05) is 6.07 Å². The fourth-order valence-corrected chi connectivity index (χ4v) is 3.85. The van der Waals surface area contributed by atoms with Crippen LogP contribution < -0.4 is 9.80 Å². The maximum absolute atomic E-state index is 11.6. The number of nitrogens with zero attached hydrogens (tertiary/aromatic N) is 3. The zero-order valence-electron chi connectivity index (χ0n) is 15.1. The Labute approximate surface area is 148 Å². The SMILES string of the molecule is CC1CCN(c2cc(N3CCC(C)CC3)c([N+](=O)[O-])cc2C=O)CC1. The topological polar surface area (TPSA) is 66.7 Å². The summed E-state index contributed by atoms with van der Waals surface area (Å²) in [5.41, 5.74) is 1.98. The number of nitro benzene ring substituents is 1. The summed E-state index contributed by atoms with van der Waals surface area (Å²) in [7, 11) is 0. The van der Waals surface area contributed by atoms with Crippen molar-refractivity contribution in [1.29, 1.82) is 0 Å². The molecule has 0 saturated carbocycles. The molecule has 0 radical (unpaired) electrons. The van der Waals surface area contributed by atoms with Gasteiger partial charge in [0.15, 0.2) is 6.29 Å². The molecule has 0 N–H and O–H groups in total. The second-order valence-electron chi connectivity index (χ2n) is 7.61. The third-order valence-electron chi connectivity index (χ3n) is 5.70. The van der Waals surface area contributed by atoms with Crippen LogP contribution in [-0.4, -0.2) is 37.4 Å². The van der Waals surface area contributed by atoms with Gasteiger partial charge in [0.1, 0.15) is 5.69 Å². The number of carbonyl (C=O) groups is 1. The van der Waals surface area contributed by atoms with Crippen LogP contribution in [0.5, 0.6) is 0 Å². The molecule has 0 aromatic heterocycles. The van der Waals surface area contributed by atoms with Gasteiger partial charge in [-0.25, -0.2) is 0 Å². The Bertz CT molecular complexity index is 646. The van der Waals surface area contributed by atoms with Gasteiger partial charge in [-0.2, -0.15) is 0 Å². The summed E-state index contributed by atoms with van der Waals surface area (Å²) < 4.78 is 0. The van der Waals surface area contributed by atoms with Crippen LogP contribution in [0.3, 0.4) is 0 Å². The zero-order valence-corrected chi connectivity index (χ0v) is 15.1. The van der Waals surface area contributed by atoms with Crippen LogP contribution >= 0.6 is 0 Å². The molecule has 0 unspecified atom stereocenters. The van der Waals surface area contributed by atoms with Gasteiger partial charge in [0.2, 0.25) is 0 Å². The van der Waals surface area contributed by atoms with Crippen molar-refractivity contribution in [2.45, 2.75) is 39.5 Å². The van der Waals surface area contributed by atoms with Gasteiger partial charge in [-0.1, -0.05) is 13.8 Å². The molecule has 2 saturated heterocycles. The summed E-state index contributed by atoms with van der Waals surface area (Å²) in [6.07, 6.45) is 5.02. The average Bonchev–Trinajstić information content (AvgIpc) is 2.62. The first-order valence-corrected chi connectivity index (χ1v) is 9.27. The number of benzene rings is 1. The van der Waals surface area contributed by atoms with Gasteiger partial charge in [-0.3, -0.25) is 14.9 Å². The van der Waals surface area contributed by atoms with E-state index in [9.17, 15) is 14.9 Å². The Kier molecular flexibility index (Phi) is 5.25. The highest BCUT2D eigenvalue weighted by atomic mass is 16.6. The molecule has 136 valence electrons. The average molecular weight is 345 g/mol. The van der Waals surface area contributed by atoms with Crippen molar-refractivity contribution in [3.63, 3.8) is 0 Å². The maximum Gasteiger partial charge on any atom is 0.293 e. The molecule has 6 heteroatoms. The van der Waals surface area contributed by atoms with Crippen molar-refractivity contribution in [2.75, 3.05) is 36.0 Å². The lowest BCUT2D eigenvalue weighted by molar-refractivity contribution is -0.384. The first kappa shape index (κ1) is 17.7. The largest absolute Gasteiger partial charge is 0.371 e. The normalized spacial score (nSPS) is 19.9. The minimum absolute atomic E-state index is 0.0470. The molecule has 2 fully saturated rings. The Morgan fingerprint density at radius 2 is 1.44 bits per heavy atom. The molecule has 0 bridgehead atoms. The molecule has 0 aliphatic carbocycles. The molecule has 1 aromatic rings. The van der Waals surface area contributed by atoms with Crippen LogP contribution in [-0.2, 0) is 0 Å². The van der Waals surface area contributed by atoms with Crippen molar-refractivity contribution in [3.05, 3.63) is 27.8 Å². The van der Waals surface area contributed by atoms with Crippen LogP contribution in [0, 0.1) is 22.0 Å². The first-order valence-electron chi connectivity index (χ1n) is 9.27. The lowest BCUT2D eigenvalue weighted by Crippen LogP contribution is -2.35. The molecule has 2 aliphatic rings. The van der Waals surface area contributed by atoms with E-state index in [4.69, 9.17) is 0 Å². The molecule has 0 amide bonds. The number of rotatable bonds is 4. The Balaban J connectivity index is 1.98. The van der Waals surface area contributed by atoms with Crippen LogP contribution in [0.2, 0.25) is 0 Å². The number of carbonyl (C=O) groups excluding carboxylic acids is 1. The Hall–Kier alpha value is -2.11. The number of hydrogen-bond acceptors (Lipinski definition) is 5. The third kappa shape index (κ3) is 3.78. The number of piperidine rings is 2. The Morgan fingerprint density at radius 3 is 1.88 bits per heavy atom. The maximum atomic E-state index is 11.6. The van der Waals surface area contributed by atoms with Gasteiger partial charge in [0, 0.05) is 43.5 Å². The summed E-state index contributed by atoms with van der Waals surface area (Å²) in [4.78, 5) is 27.1. The quantitative estimate of drug-likeness (QED) is 0.471. The van der Waals surface area contributed by atoms with E-state index in [1.165, 1.54) is 6.07 Å². The molecule has 0 spiro atoms. The highest BCUT2D eigenvalue weighted by Crippen LogP contribution is 2.38. The molecular weight excluding hydrogens is 318 g/mol. The lowest BCUT2D eigenvalue weighted by atomic mass is 9.96. The van der Waals surface area contributed by atoms with Gasteiger partial charge in [-0.05, 0) is 43.6 Å². The van der Waals surface area contributed by atoms with Crippen LogP contribution in [0.15, 0.2) is 12.1 Å². The van der Waals surface area contributed by atoms with Gasteiger partial charge in [-0.15, -0.1) is 0 Å². The predicted octanol–water partition coefficient (Wildman–Crippen LogP) is 3.88. The fraction of sp³-hybridized carbons (Fsp3) is 0.632. The molecule has 25 heavy (non-hydrogen) atoms. The van der Waals surface area contributed by atoms with E-state index in [1.54, 1.807) is 0 Å². The van der Waals surface area contributed by atoms with E-state index in [-0.39, 0.29) is 10.6 Å². The summed E-state index contributed by atoms with van der Waals surface area (Å²) in [6.45, 7) is 7.93. The minimum atomic E-state index is -0.359. The van der Waals surface area contributed by atoms with E-state index in [0.29, 0.717) is 23.1 Å². The van der Waals surface area contributed by atoms with Gasteiger partial charge in [0.05, 0.1) is 4.92 Å². The van der Waals surface area contributed by atoms with Crippen molar-refractivity contribution < 1.29 is 9.72 Å². The standard InChI is InChI=1S/C19H27N3O3/c1-14-3-7-20(8-4-14)17-12-18(21-9-5-15(2)6-10-21)19(22(24)25)11-16(17)13-23/h11-15H,3-10H2,1-2H3. The minimum Gasteiger partial charge on any atom is -0.371 e. The number of anilines is 2. The second-order valence-corrected chi connectivity index (χ2v) is 7.61. The highest BCUT2D eigenvalue weighted by molar-refractivity contribution is 5.89. The monoisotopic (exact) mass is 345 g/mol. The zero-order chi connectivity index (χ0) is 18.0. The molecule has 2 heterocycles. The van der Waals surface area contributed by atoms with E-state index >= 15 is 0 Å². The van der Waals surface area contributed by atoms with Crippen LogP contribution in [0.4, 0.5) is 17.1 Å². The molecule has 1 aromatic carbocycles. The van der Waals surface area contributed by atoms with Gasteiger partial charge < -0.3 is 9.80 Å². The van der Waals surface area contributed by atoms with E-state index < -0.39 is 0 Å². The summed E-state index contributed by atoms with van der Waals surface area (Å²) in [5.74, 6) is 1.35. The van der Waals surface area contributed by atoms with E-state index in [2.05, 4.69) is 23.6 Å². The van der Waals surface area contributed by atoms with Gasteiger partial charge in [0.25, 0.3) is 5.69 Å². The van der Waals surface area contributed by atoms with Crippen LogP contribution in [0.1, 0.15) is 49.9 Å². The van der Waals surface area contributed by atoms with Crippen molar-refractivity contribution in [2.24, 2.45) is 11.8 Å². The van der Waals surface area contributed by atoms with E-state index in [0.717, 1.165) is 63.8 Å². The number of nitro groups is 1. The smallest absolute Gasteiger partial charge is 0.293 e. The Morgan fingerprint density at radius 1 is 0.960 bits per heavy atom. The van der Waals surface area contributed by atoms with Crippen molar-refractivity contribution in [1.82, 2.24) is 0 Å². The number of aldehydes is 1. The molecule has 2 aliphatic heterocycles. The molecular formula is C19H27N3O3. The molecule has 3 rings (SSSR count). The molecule has 0 atom stereocenters. The highest BCUT2D eigenvalue weighted by Gasteiger charge is 2.27. The van der Waals surface area contributed by atoms with Crippen molar-refractivity contribution in [3.8, 4) is 0 Å². The summed E-state index contributed by atoms with van der Waals surface area (Å²) in [6, 6.07) is 3.35. The van der Waals surface area contributed by atoms with Crippen molar-refractivity contribution >= 4 is 23.3 Å². The lowest BCUT2D eigenvalue weighted by Gasteiger charge is -2.35. The van der Waals surface area contributed by atoms with Gasteiger partial charge >= 0.3 is 0 Å². The van der Waals surface area contributed by atoms with Crippen LogP contribution in [0.25, 0.3) is 0 Å². The third-order valence-corrected chi connectivity index (χ3v) is 5.70.